The fourth-order valence-corrected chi connectivity index (χ4v) is 4.23. The average Bonchev–Trinajstić information content (AvgIpc) is 2.79. The number of hydrogen-bond acceptors (Lipinski definition) is 3. The number of methoxy groups -OCH3 is 2. The number of hydrogen-bond donors (Lipinski definition) is 0. The van der Waals surface area contributed by atoms with Gasteiger partial charge in [-0.25, -0.2) is 0 Å². The topological polar surface area (TPSA) is 40.5 Å². The number of nitrogens with zero attached hydrogens (tertiary/aromatic N) is 1. The van der Waals surface area contributed by atoms with Crippen LogP contribution in [-0.4, -0.2) is 18.8 Å². The Labute approximate surface area is 171 Å². The van der Waals surface area contributed by atoms with E-state index in [0.717, 1.165) is 46.7 Å². The minimum absolute atomic E-state index is 0.0658. The summed E-state index contributed by atoms with van der Waals surface area (Å²) >= 11 is 0. The van der Waals surface area contributed by atoms with Crippen LogP contribution in [0.25, 0.3) is 22.4 Å². The van der Waals surface area contributed by atoms with Crippen LogP contribution in [-0.2, 0) is 0 Å². The zero-order valence-electron chi connectivity index (χ0n) is 17.1. The van der Waals surface area contributed by atoms with Crippen molar-refractivity contribution >= 4 is 0 Å². The molecule has 0 aliphatic heterocycles. The third kappa shape index (κ3) is 4.07. The first kappa shape index (κ1) is 19.3. The molecule has 0 spiro atoms. The van der Waals surface area contributed by atoms with Gasteiger partial charge in [0.1, 0.15) is 11.5 Å². The molecular formula is C25H27NO3. The molecule has 1 saturated carbocycles. The van der Waals surface area contributed by atoms with E-state index in [-0.39, 0.29) is 11.6 Å². The lowest BCUT2D eigenvalue weighted by Gasteiger charge is -2.27. The van der Waals surface area contributed by atoms with Gasteiger partial charge in [-0.2, -0.15) is 0 Å². The maximum Gasteiger partial charge on any atom is 0.251 e. The monoisotopic (exact) mass is 389 g/mol. The Kier molecular flexibility index (Phi) is 5.70. The number of pyridine rings is 1. The second-order valence-corrected chi connectivity index (χ2v) is 7.59. The molecule has 0 radical (unpaired) electrons. The van der Waals surface area contributed by atoms with Gasteiger partial charge in [-0.05, 0) is 72.0 Å². The van der Waals surface area contributed by atoms with Gasteiger partial charge >= 0.3 is 0 Å². The summed E-state index contributed by atoms with van der Waals surface area (Å²) in [6.07, 6.45) is 5.74. The Balaban J connectivity index is 1.84. The van der Waals surface area contributed by atoms with Crippen molar-refractivity contribution in [1.82, 2.24) is 4.57 Å². The van der Waals surface area contributed by atoms with Crippen LogP contribution in [0, 0.1) is 0 Å². The van der Waals surface area contributed by atoms with Crippen LogP contribution >= 0.6 is 0 Å². The fraction of sp³-hybridized carbons (Fsp3) is 0.320. The van der Waals surface area contributed by atoms with Crippen LogP contribution in [0.4, 0.5) is 0 Å². The smallest absolute Gasteiger partial charge is 0.251 e. The highest BCUT2D eigenvalue weighted by Gasteiger charge is 2.20. The molecule has 2 aromatic carbocycles. The number of rotatable bonds is 5. The van der Waals surface area contributed by atoms with Crippen LogP contribution < -0.4 is 15.0 Å². The van der Waals surface area contributed by atoms with Gasteiger partial charge < -0.3 is 14.0 Å². The van der Waals surface area contributed by atoms with Crippen molar-refractivity contribution in [2.24, 2.45) is 0 Å². The molecule has 0 atom stereocenters. The van der Waals surface area contributed by atoms with Gasteiger partial charge in [-0.3, -0.25) is 4.79 Å². The van der Waals surface area contributed by atoms with E-state index in [1.165, 1.54) is 19.3 Å². The van der Waals surface area contributed by atoms with Crippen LogP contribution in [0.3, 0.4) is 0 Å². The molecule has 4 nitrogen and oxygen atoms in total. The van der Waals surface area contributed by atoms with E-state index in [9.17, 15) is 4.79 Å². The molecular weight excluding hydrogens is 362 g/mol. The zero-order chi connectivity index (χ0) is 20.2. The Bertz CT molecular complexity index is 1010. The van der Waals surface area contributed by atoms with Gasteiger partial charge in [0.25, 0.3) is 5.56 Å². The first-order chi connectivity index (χ1) is 14.2. The summed E-state index contributed by atoms with van der Waals surface area (Å²) in [6, 6.07) is 20.0. The molecule has 1 aliphatic carbocycles. The van der Waals surface area contributed by atoms with Crippen molar-refractivity contribution < 1.29 is 9.47 Å². The van der Waals surface area contributed by atoms with Gasteiger partial charge in [0.15, 0.2) is 0 Å². The van der Waals surface area contributed by atoms with Gasteiger partial charge in [0.2, 0.25) is 0 Å². The largest absolute Gasteiger partial charge is 0.497 e. The van der Waals surface area contributed by atoms with Gasteiger partial charge in [0.05, 0.1) is 19.9 Å². The first-order valence-electron chi connectivity index (χ1n) is 10.2. The van der Waals surface area contributed by atoms with Crippen LogP contribution in [0.1, 0.15) is 38.1 Å². The average molecular weight is 389 g/mol. The van der Waals surface area contributed by atoms with E-state index in [0.29, 0.717) is 0 Å². The Morgan fingerprint density at radius 3 is 1.83 bits per heavy atom. The summed E-state index contributed by atoms with van der Waals surface area (Å²) in [7, 11) is 3.32. The second kappa shape index (κ2) is 8.56. The molecule has 3 aromatic rings. The van der Waals surface area contributed by atoms with E-state index in [1.54, 1.807) is 20.3 Å². The minimum atomic E-state index is 0.0658. The summed E-state index contributed by atoms with van der Waals surface area (Å²) in [6.45, 7) is 0. The first-order valence-corrected chi connectivity index (χ1v) is 10.2. The normalized spacial score (nSPS) is 14.6. The molecule has 0 unspecified atom stereocenters. The lowest BCUT2D eigenvalue weighted by molar-refractivity contribution is 0.349. The van der Waals surface area contributed by atoms with Crippen molar-refractivity contribution in [3.05, 3.63) is 71.0 Å². The highest BCUT2D eigenvalue weighted by molar-refractivity contribution is 5.71. The lowest BCUT2D eigenvalue weighted by Crippen LogP contribution is -2.27. The van der Waals surface area contributed by atoms with Crippen molar-refractivity contribution in [2.45, 2.75) is 38.1 Å². The summed E-state index contributed by atoms with van der Waals surface area (Å²) in [5.74, 6) is 1.62. The summed E-state index contributed by atoms with van der Waals surface area (Å²) in [5, 5.41) is 0. The van der Waals surface area contributed by atoms with Crippen LogP contribution in [0.5, 0.6) is 11.5 Å². The second-order valence-electron chi connectivity index (χ2n) is 7.59. The molecule has 4 heteroatoms. The van der Waals surface area contributed by atoms with Gasteiger partial charge in [0, 0.05) is 12.1 Å². The number of benzene rings is 2. The molecule has 4 rings (SSSR count). The van der Waals surface area contributed by atoms with Gasteiger partial charge in [-0.15, -0.1) is 0 Å². The Morgan fingerprint density at radius 1 is 0.724 bits per heavy atom. The third-order valence-corrected chi connectivity index (χ3v) is 5.82. The molecule has 0 amide bonds. The quantitative estimate of drug-likeness (QED) is 0.562. The molecule has 29 heavy (non-hydrogen) atoms. The maximum absolute atomic E-state index is 13.3. The van der Waals surface area contributed by atoms with Crippen molar-refractivity contribution in [3.8, 4) is 33.9 Å². The zero-order valence-corrected chi connectivity index (χ0v) is 17.1. The third-order valence-electron chi connectivity index (χ3n) is 5.82. The Morgan fingerprint density at radius 2 is 1.28 bits per heavy atom. The molecule has 1 fully saturated rings. The fourth-order valence-electron chi connectivity index (χ4n) is 4.23. The number of aromatic nitrogens is 1. The molecule has 1 aliphatic rings. The molecule has 1 aromatic heterocycles. The predicted octanol–water partition coefficient (Wildman–Crippen LogP) is 5.70. The molecule has 0 saturated heterocycles. The highest BCUT2D eigenvalue weighted by atomic mass is 16.5. The van der Waals surface area contributed by atoms with E-state index >= 15 is 0 Å². The highest BCUT2D eigenvalue weighted by Crippen LogP contribution is 2.34. The molecule has 0 bridgehead atoms. The van der Waals surface area contributed by atoms with Gasteiger partial charge in [-0.1, -0.05) is 31.4 Å². The number of ether oxygens (including phenoxy) is 2. The Hall–Kier alpha value is -3.01. The SMILES string of the molecule is COc1ccc(-c2cc(-c3ccc(OC)cc3)n(C3CCCCC3)c(=O)c2)cc1. The molecule has 150 valence electrons. The lowest BCUT2D eigenvalue weighted by atomic mass is 9.93. The van der Waals surface area contributed by atoms with Crippen LogP contribution in [0.2, 0.25) is 0 Å². The predicted molar refractivity (Wildman–Crippen MR) is 117 cm³/mol. The maximum atomic E-state index is 13.3. The minimum Gasteiger partial charge on any atom is -0.497 e. The van der Waals surface area contributed by atoms with E-state index in [1.807, 2.05) is 53.1 Å². The molecule has 1 heterocycles. The van der Waals surface area contributed by atoms with E-state index in [2.05, 4.69) is 6.07 Å². The molecule has 0 N–H and O–H groups in total. The summed E-state index contributed by atoms with van der Waals surface area (Å²) < 4.78 is 12.6. The van der Waals surface area contributed by atoms with E-state index in [4.69, 9.17) is 9.47 Å². The van der Waals surface area contributed by atoms with Crippen molar-refractivity contribution in [2.75, 3.05) is 14.2 Å². The summed E-state index contributed by atoms with van der Waals surface area (Å²) in [5.41, 5.74) is 4.00. The van der Waals surface area contributed by atoms with Crippen LogP contribution in [0.15, 0.2) is 65.5 Å². The standard InChI is InChI=1S/C25H27NO3/c1-28-22-12-8-18(9-13-22)20-16-24(19-10-14-23(29-2)15-11-19)26(25(27)17-20)21-6-4-3-5-7-21/h8-17,21H,3-7H2,1-2H3. The van der Waals surface area contributed by atoms with Crippen molar-refractivity contribution in [3.63, 3.8) is 0 Å². The summed E-state index contributed by atoms with van der Waals surface area (Å²) in [4.78, 5) is 13.3. The van der Waals surface area contributed by atoms with Crippen molar-refractivity contribution in [1.29, 1.82) is 0 Å². The van der Waals surface area contributed by atoms with E-state index < -0.39 is 0 Å².